The van der Waals surface area contributed by atoms with Crippen LogP contribution < -0.4 is 16.9 Å². The molecule has 2 heterocycles. The Morgan fingerprint density at radius 2 is 2.16 bits per heavy atom. The number of H-pyrrole nitrogens is 1. The minimum atomic E-state index is -0.805. The highest BCUT2D eigenvalue weighted by atomic mass is 32.2. The van der Waals surface area contributed by atoms with Gasteiger partial charge in [-0.1, -0.05) is 0 Å². The van der Waals surface area contributed by atoms with Crippen LogP contribution in [-0.4, -0.2) is 19.7 Å². The van der Waals surface area contributed by atoms with Crippen molar-refractivity contribution in [2.45, 2.75) is 23.0 Å². The molecule has 0 aliphatic heterocycles. The standard InChI is InChI=1S/C11H13N5O2S/c1-6(12)8-4-3-7(5-13-8)19-11-14-9(17)10(18)15-16(11)2/h3-6H,12H2,1-2H3,(H,15,18)/t6-/m0/s1. The van der Waals surface area contributed by atoms with E-state index < -0.39 is 11.1 Å². The van der Waals surface area contributed by atoms with Crippen LogP contribution >= 0.6 is 11.8 Å². The van der Waals surface area contributed by atoms with Crippen LogP contribution in [0.5, 0.6) is 0 Å². The largest absolute Gasteiger partial charge is 0.339 e. The molecule has 0 amide bonds. The first kappa shape index (κ1) is 13.5. The normalized spacial score (nSPS) is 12.4. The lowest BCUT2D eigenvalue weighted by Crippen LogP contribution is -2.33. The Labute approximate surface area is 112 Å². The minimum absolute atomic E-state index is 0.130. The Morgan fingerprint density at radius 1 is 1.42 bits per heavy atom. The summed E-state index contributed by atoms with van der Waals surface area (Å²) in [4.78, 5) is 31.0. The van der Waals surface area contributed by atoms with Gasteiger partial charge in [-0.3, -0.25) is 24.4 Å². The number of aromatic nitrogens is 4. The Hall–Kier alpha value is -1.93. The van der Waals surface area contributed by atoms with E-state index in [4.69, 9.17) is 5.73 Å². The fourth-order valence-electron chi connectivity index (χ4n) is 1.38. The SMILES string of the molecule is C[C@H](N)c1ccc(Sc2nc(=O)c(=O)[nH]n2C)cn1. The van der Waals surface area contributed by atoms with Crippen molar-refractivity contribution in [2.24, 2.45) is 12.8 Å². The van der Waals surface area contributed by atoms with Crippen molar-refractivity contribution >= 4 is 11.8 Å². The molecule has 0 fully saturated rings. The molecule has 0 saturated heterocycles. The number of nitrogens with two attached hydrogens (primary N) is 1. The molecule has 7 nitrogen and oxygen atoms in total. The van der Waals surface area contributed by atoms with Crippen molar-refractivity contribution in [3.8, 4) is 0 Å². The van der Waals surface area contributed by atoms with Crippen LogP contribution in [0.4, 0.5) is 0 Å². The summed E-state index contributed by atoms with van der Waals surface area (Å²) in [6.45, 7) is 1.85. The van der Waals surface area contributed by atoms with E-state index in [0.29, 0.717) is 5.16 Å². The first-order valence-electron chi connectivity index (χ1n) is 5.54. The molecule has 19 heavy (non-hydrogen) atoms. The van der Waals surface area contributed by atoms with Gasteiger partial charge in [0.25, 0.3) is 0 Å². The predicted molar refractivity (Wildman–Crippen MR) is 71.1 cm³/mol. The van der Waals surface area contributed by atoms with Gasteiger partial charge in [-0.25, -0.2) is 0 Å². The molecule has 0 aliphatic rings. The van der Waals surface area contributed by atoms with E-state index in [1.807, 2.05) is 19.1 Å². The van der Waals surface area contributed by atoms with Gasteiger partial charge in [0.05, 0.1) is 5.69 Å². The van der Waals surface area contributed by atoms with E-state index >= 15 is 0 Å². The number of aryl methyl sites for hydroxylation is 1. The highest BCUT2D eigenvalue weighted by Gasteiger charge is 2.07. The summed E-state index contributed by atoms with van der Waals surface area (Å²) in [7, 11) is 1.61. The third-order valence-electron chi connectivity index (χ3n) is 2.38. The Morgan fingerprint density at radius 3 is 2.74 bits per heavy atom. The van der Waals surface area contributed by atoms with Gasteiger partial charge in [0.15, 0.2) is 5.16 Å². The topological polar surface area (TPSA) is 107 Å². The monoisotopic (exact) mass is 279 g/mol. The van der Waals surface area contributed by atoms with Gasteiger partial charge in [0.2, 0.25) is 0 Å². The van der Waals surface area contributed by atoms with Gasteiger partial charge in [-0.05, 0) is 30.8 Å². The number of pyridine rings is 1. The molecule has 0 spiro atoms. The predicted octanol–water partition coefficient (Wildman–Crippen LogP) is 0.0345. The molecule has 1 atom stereocenters. The summed E-state index contributed by atoms with van der Waals surface area (Å²) in [6.07, 6.45) is 1.65. The van der Waals surface area contributed by atoms with Gasteiger partial charge in [-0.2, -0.15) is 4.98 Å². The lowest BCUT2D eigenvalue weighted by molar-refractivity contribution is 0.596. The molecule has 2 aromatic heterocycles. The van der Waals surface area contributed by atoms with Gasteiger partial charge >= 0.3 is 11.1 Å². The molecule has 0 unspecified atom stereocenters. The maximum absolute atomic E-state index is 11.2. The number of hydrogen-bond acceptors (Lipinski definition) is 6. The molecule has 0 bridgehead atoms. The Bertz CT molecular complexity index is 689. The third kappa shape index (κ3) is 3.09. The van der Waals surface area contributed by atoms with Gasteiger partial charge in [0.1, 0.15) is 0 Å². The quantitative estimate of drug-likeness (QED) is 0.768. The first-order valence-corrected chi connectivity index (χ1v) is 6.36. The summed E-state index contributed by atoms with van der Waals surface area (Å²) in [5.41, 5.74) is 4.95. The summed E-state index contributed by atoms with van der Waals surface area (Å²) < 4.78 is 1.40. The smallest absolute Gasteiger partial charge is 0.323 e. The second kappa shape index (κ2) is 5.37. The fraction of sp³-hybridized carbons (Fsp3) is 0.273. The van der Waals surface area contributed by atoms with Crippen LogP contribution in [0.2, 0.25) is 0 Å². The zero-order valence-corrected chi connectivity index (χ0v) is 11.3. The average Bonchev–Trinajstić information content (AvgIpc) is 2.36. The molecule has 3 N–H and O–H groups in total. The van der Waals surface area contributed by atoms with Crippen LogP contribution in [0, 0.1) is 0 Å². The molecule has 0 aromatic carbocycles. The maximum Gasteiger partial charge on any atom is 0.339 e. The van der Waals surface area contributed by atoms with Crippen molar-refractivity contribution in [1.29, 1.82) is 0 Å². The molecule has 8 heteroatoms. The van der Waals surface area contributed by atoms with Crippen LogP contribution in [0.15, 0.2) is 38.0 Å². The molecule has 2 aromatic rings. The summed E-state index contributed by atoms with van der Waals surface area (Å²) in [6, 6.07) is 3.53. The number of hydrogen-bond donors (Lipinski definition) is 2. The average molecular weight is 279 g/mol. The van der Waals surface area contributed by atoms with Crippen molar-refractivity contribution < 1.29 is 0 Å². The zero-order chi connectivity index (χ0) is 14.0. The highest BCUT2D eigenvalue weighted by molar-refractivity contribution is 7.99. The lowest BCUT2D eigenvalue weighted by Gasteiger charge is -2.07. The van der Waals surface area contributed by atoms with Crippen molar-refractivity contribution in [2.75, 3.05) is 0 Å². The molecule has 0 saturated carbocycles. The van der Waals surface area contributed by atoms with Crippen LogP contribution in [0.1, 0.15) is 18.7 Å². The van der Waals surface area contributed by atoms with E-state index in [1.165, 1.54) is 16.4 Å². The van der Waals surface area contributed by atoms with Crippen molar-refractivity contribution in [1.82, 2.24) is 19.7 Å². The van der Waals surface area contributed by atoms with E-state index in [1.54, 1.807) is 13.2 Å². The number of rotatable bonds is 3. The highest BCUT2D eigenvalue weighted by Crippen LogP contribution is 2.23. The molecular formula is C11H13N5O2S. The number of aromatic amines is 1. The lowest BCUT2D eigenvalue weighted by atomic mass is 10.2. The van der Waals surface area contributed by atoms with E-state index in [0.717, 1.165) is 10.6 Å². The molecule has 2 rings (SSSR count). The first-order chi connectivity index (χ1) is 8.97. The van der Waals surface area contributed by atoms with Crippen molar-refractivity contribution in [3.05, 3.63) is 44.7 Å². The number of nitrogens with zero attached hydrogens (tertiary/aromatic N) is 3. The van der Waals surface area contributed by atoms with Gasteiger partial charge in [0, 0.05) is 24.2 Å². The summed E-state index contributed by atoms with van der Waals surface area (Å²) in [5.74, 6) is 0. The van der Waals surface area contributed by atoms with Crippen LogP contribution in [-0.2, 0) is 7.05 Å². The van der Waals surface area contributed by atoms with Gasteiger partial charge in [-0.15, -0.1) is 0 Å². The minimum Gasteiger partial charge on any atom is -0.323 e. The second-order valence-corrected chi connectivity index (χ2v) is 5.05. The van der Waals surface area contributed by atoms with E-state index in [-0.39, 0.29) is 6.04 Å². The molecule has 0 radical (unpaired) electrons. The summed E-state index contributed by atoms with van der Waals surface area (Å²) >= 11 is 1.24. The second-order valence-electron chi connectivity index (χ2n) is 4.01. The maximum atomic E-state index is 11.2. The molecule has 0 aliphatic carbocycles. The fourth-order valence-corrected chi connectivity index (χ4v) is 2.14. The zero-order valence-electron chi connectivity index (χ0n) is 10.5. The van der Waals surface area contributed by atoms with Crippen LogP contribution in [0.25, 0.3) is 0 Å². The number of nitrogens with one attached hydrogen (secondary N) is 1. The summed E-state index contributed by atoms with van der Waals surface area (Å²) in [5, 5.41) is 2.77. The third-order valence-corrected chi connectivity index (χ3v) is 3.41. The van der Waals surface area contributed by atoms with E-state index in [9.17, 15) is 9.59 Å². The van der Waals surface area contributed by atoms with Crippen molar-refractivity contribution in [3.63, 3.8) is 0 Å². The Balaban J connectivity index is 2.29. The Kier molecular flexibility index (Phi) is 3.82. The molecule has 100 valence electrons. The molecular weight excluding hydrogens is 266 g/mol. The van der Waals surface area contributed by atoms with Crippen LogP contribution in [0.3, 0.4) is 0 Å². The van der Waals surface area contributed by atoms with Gasteiger partial charge < -0.3 is 5.73 Å². The van der Waals surface area contributed by atoms with E-state index in [2.05, 4.69) is 15.1 Å².